The van der Waals surface area contributed by atoms with E-state index in [4.69, 9.17) is 23.4 Å². The molecule has 3 aromatic carbocycles. The van der Waals surface area contributed by atoms with Crippen LogP contribution < -0.4 is 15.0 Å². The molecule has 0 aliphatic carbocycles. The number of aromatic carboxylic acids is 1. The molecule has 0 unspecified atom stereocenters. The van der Waals surface area contributed by atoms with Crippen molar-refractivity contribution in [3.8, 4) is 18.1 Å². The van der Waals surface area contributed by atoms with Gasteiger partial charge in [-0.3, -0.25) is 19.8 Å². The van der Waals surface area contributed by atoms with Crippen LogP contribution in [0.15, 0.2) is 66.2 Å². The SMILES string of the molecule is C#CCOc1ccc2ccccc2c1C=C1C(=O)NC(=S)N(c2cccc(C(=O)O)c2)C1=O. The summed E-state index contributed by atoms with van der Waals surface area (Å²) in [6, 6.07) is 16.7. The lowest BCUT2D eigenvalue weighted by Gasteiger charge is -2.29. The number of thiocarbonyl (C=S) groups is 1. The number of nitrogens with zero attached hydrogens (tertiary/aromatic N) is 1. The molecule has 2 amide bonds. The van der Waals surface area contributed by atoms with Crippen molar-refractivity contribution in [3.63, 3.8) is 0 Å². The van der Waals surface area contributed by atoms with Gasteiger partial charge in [-0.2, -0.15) is 0 Å². The van der Waals surface area contributed by atoms with Gasteiger partial charge < -0.3 is 9.84 Å². The van der Waals surface area contributed by atoms with Crippen LogP contribution in [0.25, 0.3) is 16.8 Å². The van der Waals surface area contributed by atoms with Crippen molar-refractivity contribution in [1.29, 1.82) is 0 Å². The van der Waals surface area contributed by atoms with E-state index in [1.54, 1.807) is 6.07 Å². The first-order chi connectivity index (χ1) is 15.9. The van der Waals surface area contributed by atoms with Crippen LogP contribution in [-0.4, -0.2) is 34.6 Å². The normalized spacial score (nSPS) is 14.8. The highest BCUT2D eigenvalue weighted by atomic mass is 32.1. The molecule has 1 fully saturated rings. The number of carboxylic acids is 1. The number of fused-ring (bicyclic) bond motifs is 1. The Labute approximate surface area is 194 Å². The van der Waals surface area contributed by atoms with Gasteiger partial charge in [0.15, 0.2) is 5.11 Å². The Morgan fingerprint density at radius 3 is 2.70 bits per heavy atom. The average molecular weight is 456 g/mol. The zero-order chi connectivity index (χ0) is 23.5. The Kier molecular flexibility index (Phi) is 5.89. The van der Waals surface area contributed by atoms with E-state index in [0.717, 1.165) is 15.7 Å². The number of rotatable bonds is 5. The van der Waals surface area contributed by atoms with Crippen LogP contribution in [-0.2, 0) is 9.59 Å². The van der Waals surface area contributed by atoms with Gasteiger partial charge in [-0.1, -0.05) is 42.3 Å². The highest BCUT2D eigenvalue weighted by Gasteiger charge is 2.35. The summed E-state index contributed by atoms with van der Waals surface area (Å²) in [5, 5.41) is 13.3. The van der Waals surface area contributed by atoms with Crippen molar-refractivity contribution >= 4 is 57.6 Å². The summed E-state index contributed by atoms with van der Waals surface area (Å²) in [5.41, 5.74) is 0.516. The maximum absolute atomic E-state index is 13.4. The van der Waals surface area contributed by atoms with Gasteiger partial charge in [-0.15, -0.1) is 6.42 Å². The Hall–Kier alpha value is -4.48. The fourth-order valence-corrected chi connectivity index (χ4v) is 3.77. The molecule has 1 saturated heterocycles. The quantitative estimate of drug-likeness (QED) is 0.265. The molecule has 162 valence electrons. The molecule has 0 atom stereocenters. The zero-order valence-corrected chi connectivity index (χ0v) is 17.9. The molecule has 33 heavy (non-hydrogen) atoms. The van der Waals surface area contributed by atoms with Gasteiger partial charge >= 0.3 is 5.97 Å². The van der Waals surface area contributed by atoms with E-state index < -0.39 is 17.8 Å². The minimum Gasteiger partial charge on any atom is -0.480 e. The first-order valence-electron chi connectivity index (χ1n) is 9.73. The summed E-state index contributed by atoms with van der Waals surface area (Å²) >= 11 is 5.20. The van der Waals surface area contributed by atoms with Crippen LogP contribution in [0.3, 0.4) is 0 Å². The van der Waals surface area contributed by atoms with E-state index >= 15 is 0 Å². The molecule has 3 aromatic rings. The second-order valence-electron chi connectivity index (χ2n) is 7.00. The maximum atomic E-state index is 13.4. The van der Waals surface area contributed by atoms with Crippen LogP contribution in [0.5, 0.6) is 5.75 Å². The van der Waals surface area contributed by atoms with Crippen molar-refractivity contribution in [1.82, 2.24) is 5.32 Å². The van der Waals surface area contributed by atoms with Gasteiger partial charge in [-0.25, -0.2) is 4.79 Å². The molecule has 1 heterocycles. The number of amides is 2. The highest BCUT2D eigenvalue weighted by molar-refractivity contribution is 7.80. The number of carboxylic acid groups (broad SMARTS) is 1. The molecule has 0 bridgehead atoms. The predicted molar refractivity (Wildman–Crippen MR) is 128 cm³/mol. The third kappa shape index (κ3) is 4.18. The fourth-order valence-electron chi connectivity index (χ4n) is 3.48. The second kappa shape index (κ2) is 8.94. The molecule has 0 aromatic heterocycles. The van der Waals surface area contributed by atoms with E-state index in [0.29, 0.717) is 11.3 Å². The number of ether oxygens (including phenoxy) is 1. The second-order valence-corrected chi connectivity index (χ2v) is 7.39. The topological polar surface area (TPSA) is 95.9 Å². The van der Waals surface area contributed by atoms with Crippen molar-refractivity contribution < 1.29 is 24.2 Å². The molecule has 7 nitrogen and oxygen atoms in total. The minimum absolute atomic E-state index is 0.00679. The number of hydrogen-bond donors (Lipinski definition) is 2. The number of carbonyl (C=O) groups is 3. The van der Waals surface area contributed by atoms with Gasteiger partial charge in [0.2, 0.25) is 0 Å². The molecule has 4 rings (SSSR count). The van der Waals surface area contributed by atoms with Gasteiger partial charge in [0, 0.05) is 5.56 Å². The monoisotopic (exact) mass is 456 g/mol. The molecule has 0 radical (unpaired) electrons. The molecule has 0 spiro atoms. The lowest BCUT2D eigenvalue weighted by Crippen LogP contribution is -2.54. The van der Waals surface area contributed by atoms with Crippen LogP contribution in [0.2, 0.25) is 0 Å². The third-order valence-corrected chi connectivity index (χ3v) is 5.27. The largest absolute Gasteiger partial charge is 0.480 e. The van der Waals surface area contributed by atoms with E-state index in [2.05, 4.69) is 11.2 Å². The van der Waals surface area contributed by atoms with Crippen molar-refractivity contribution in [3.05, 3.63) is 77.4 Å². The predicted octanol–water partition coefficient (Wildman–Crippen LogP) is 3.38. The first-order valence-corrected chi connectivity index (χ1v) is 10.1. The van der Waals surface area contributed by atoms with Crippen LogP contribution >= 0.6 is 12.2 Å². The molecule has 0 saturated carbocycles. The summed E-state index contributed by atoms with van der Waals surface area (Å²) in [7, 11) is 0. The molecule has 8 heteroatoms. The lowest BCUT2D eigenvalue weighted by molar-refractivity contribution is -0.122. The minimum atomic E-state index is -1.15. The lowest BCUT2D eigenvalue weighted by atomic mass is 9.99. The molecule has 2 N–H and O–H groups in total. The van der Waals surface area contributed by atoms with Crippen molar-refractivity contribution in [2.75, 3.05) is 11.5 Å². The third-order valence-electron chi connectivity index (χ3n) is 4.98. The number of anilines is 1. The maximum Gasteiger partial charge on any atom is 0.335 e. The number of carbonyl (C=O) groups excluding carboxylic acids is 2. The smallest absolute Gasteiger partial charge is 0.335 e. The van der Waals surface area contributed by atoms with Gasteiger partial charge in [0.05, 0.1) is 11.3 Å². The Balaban J connectivity index is 1.85. The van der Waals surface area contributed by atoms with E-state index in [1.165, 1.54) is 30.3 Å². The van der Waals surface area contributed by atoms with Gasteiger partial charge in [-0.05, 0) is 53.3 Å². The van der Waals surface area contributed by atoms with Crippen LogP contribution in [0.1, 0.15) is 15.9 Å². The van der Waals surface area contributed by atoms with Gasteiger partial charge in [0.1, 0.15) is 17.9 Å². The zero-order valence-electron chi connectivity index (χ0n) is 17.1. The summed E-state index contributed by atoms with van der Waals surface area (Å²) in [4.78, 5) is 38.6. The van der Waals surface area contributed by atoms with Crippen LogP contribution in [0.4, 0.5) is 5.69 Å². The van der Waals surface area contributed by atoms with E-state index in [9.17, 15) is 19.5 Å². The van der Waals surface area contributed by atoms with E-state index in [1.807, 2.05) is 30.3 Å². The summed E-state index contributed by atoms with van der Waals surface area (Å²) in [6.07, 6.45) is 6.76. The van der Waals surface area contributed by atoms with Gasteiger partial charge in [0.25, 0.3) is 11.8 Å². The molecular formula is C25H16N2O5S. The van der Waals surface area contributed by atoms with Crippen molar-refractivity contribution in [2.24, 2.45) is 0 Å². The standard InChI is InChI=1S/C25H16N2O5S/c1-2-12-32-21-11-10-15-6-3-4-9-18(15)19(21)14-20-22(28)26-25(33)27(23(20)29)17-8-5-7-16(13-17)24(30)31/h1,3-11,13-14H,12H2,(H,30,31)(H,26,28,33). The molecule has 1 aliphatic rings. The Morgan fingerprint density at radius 1 is 1.15 bits per heavy atom. The number of benzene rings is 3. The molecule has 1 aliphatic heterocycles. The first kappa shape index (κ1) is 21.7. The summed E-state index contributed by atoms with van der Waals surface area (Å²) in [5.74, 6) is 0.287. The number of nitrogens with one attached hydrogen (secondary N) is 1. The fraction of sp³-hybridized carbons (Fsp3) is 0.0400. The van der Waals surface area contributed by atoms with Crippen LogP contribution in [0, 0.1) is 12.3 Å². The Morgan fingerprint density at radius 2 is 1.94 bits per heavy atom. The average Bonchev–Trinajstić information content (AvgIpc) is 2.80. The number of terminal acetylenes is 1. The van der Waals surface area contributed by atoms with E-state index in [-0.39, 0.29) is 28.5 Å². The molecular weight excluding hydrogens is 440 g/mol. The summed E-state index contributed by atoms with van der Waals surface area (Å²) in [6.45, 7) is 0.00679. The highest BCUT2D eigenvalue weighted by Crippen LogP contribution is 2.32. The van der Waals surface area contributed by atoms with Crippen molar-refractivity contribution in [2.45, 2.75) is 0 Å². The summed E-state index contributed by atoms with van der Waals surface area (Å²) < 4.78 is 5.65. The number of hydrogen-bond acceptors (Lipinski definition) is 5. The Bertz CT molecular complexity index is 1400.